The van der Waals surface area contributed by atoms with Crippen LogP contribution in [0.25, 0.3) is 0 Å². The molecule has 158 valence electrons. The molecule has 0 heterocycles. The number of carboxylic acids is 2. The van der Waals surface area contributed by atoms with Gasteiger partial charge in [-0.2, -0.15) is 0 Å². The van der Waals surface area contributed by atoms with Gasteiger partial charge in [0, 0.05) is 71.3 Å². The minimum absolute atomic E-state index is 0.0524. The summed E-state index contributed by atoms with van der Waals surface area (Å²) in [5.74, 6) is -3.68. The van der Waals surface area contributed by atoms with Crippen molar-refractivity contribution in [2.45, 2.75) is 12.5 Å². The lowest BCUT2D eigenvalue weighted by atomic mass is 10.3. The molecule has 0 aromatic heterocycles. The molecule has 0 aliphatic carbocycles. The van der Waals surface area contributed by atoms with Crippen LogP contribution >= 0.6 is 0 Å². The maximum absolute atomic E-state index is 12.2. The van der Waals surface area contributed by atoms with Crippen molar-refractivity contribution in [1.82, 2.24) is 10.2 Å². The van der Waals surface area contributed by atoms with E-state index in [9.17, 15) is 19.2 Å². The smallest absolute Gasteiger partial charge is 0.478 e. The Bertz CT molecular complexity index is 595. The van der Waals surface area contributed by atoms with Gasteiger partial charge in [-0.3, -0.25) is 9.59 Å². The molecule has 2 amide bonds. The lowest BCUT2D eigenvalue weighted by molar-refractivity contribution is -0.132. The Morgan fingerprint density at radius 3 is 1.93 bits per heavy atom. The molecule has 12 heteroatoms. The quantitative estimate of drug-likeness (QED) is 0.250. The number of aliphatic carboxylic acids is 2. The molecule has 0 bridgehead atoms. The lowest BCUT2D eigenvalue weighted by Gasteiger charge is -2.26. The molecule has 0 saturated carbocycles. The van der Waals surface area contributed by atoms with E-state index in [1.807, 2.05) is 0 Å². The number of hydrogen-bond acceptors (Lipinski definition) is 7. The van der Waals surface area contributed by atoms with Crippen molar-refractivity contribution in [2.24, 2.45) is 0 Å². The highest BCUT2D eigenvalue weighted by Gasteiger charge is 2.37. The molecule has 0 rings (SSSR count). The molecule has 0 aromatic rings. The average molecular weight is 418 g/mol. The van der Waals surface area contributed by atoms with Gasteiger partial charge in [-0.25, -0.2) is 9.59 Å². The second-order valence-electron chi connectivity index (χ2n) is 5.36. The number of nitrogens with one attached hydrogen (secondary N) is 1. The van der Waals surface area contributed by atoms with E-state index in [0.29, 0.717) is 18.5 Å². The SMILES string of the molecule is CO[Si](CCCN(CCNC(=O)/C=C/C(=O)O)C(=O)/C=C/C(=O)O)(OC)OC. The highest BCUT2D eigenvalue weighted by atomic mass is 28.4. The van der Waals surface area contributed by atoms with Gasteiger partial charge in [-0.1, -0.05) is 0 Å². The molecule has 0 fully saturated rings. The Labute approximate surface area is 163 Å². The minimum Gasteiger partial charge on any atom is -0.478 e. The molecule has 0 saturated heterocycles. The Balaban J connectivity index is 4.83. The average Bonchev–Trinajstić information content (AvgIpc) is 2.66. The van der Waals surface area contributed by atoms with Crippen LogP contribution in [0.1, 0.15) is 6.42 Å². The number of carbonyl (C=O) groups excluding carboxylic acids is 2. The van der Waals surface area contributed by atoms with Gasteiger partial charge in [0.15, 0.2) is 0 Å². The Morgan fingerprint density at radius 1 is 0.893 bits per heavy atom. The maximum atomic E-state index is 12.2. The number of amides is 2. The summed E-state index contributed by atoms with van der Waals surface area (Å²) in [5, 5.41) is 19.6. The molecule has 11 nitrogen and oxygen atoms in total. The van der Waals surface area contributed by atoms with Crippen LogP contribution in [0, 0.1) is 0 Å². The van der Waals surface area contributed by atoms with Crippen molar-refractivity contribution in [3.05, 3.63) is 24.3 Å². The summed E-state index contributed by atoms with van der Waals surface area (Å²) in [6.07, 6.45) is 3.65. The van der Waals surface area contributed by atoms with Gasteiger partial charge in [0.1, 0.15) is 0 Å². The molecule has 0 spiro atoms. The van der Waals surface area contributed by atoms with E-state index in [2.05, 4.69) is 5.32 Å². The Hall–Kier alpha value is -2.54. The molecule has 0 unspecified atom stereocenters. The topological polar surface area (TPSA) is 152 Å². The van der Waals surface area contributed by atoms with E-state index in [4.69, 9.17) is 23.5 Å². The Kier molecular flexibility index (Phi) is 12.4. The zero-order valence-corrected chi connectivity index (χ0v) is 17.0. The number of carbonyl (C=O) groups is 4. The summed E-state index contributed by atoms with van der Waals surface area (Å²) < 4.78 is 15.9. The third-order valence-electron chi connectivity index (χ3n) is 3.58. The molecule has 0 aliphatic heterocycles. The van der Waals surface area contributed by atoms with Gasteiger partial charge < -0.3 is 33.7 Å². The summed E-state index contributed by atoms with van der Waals surface area (Å²) in [6.45, 7) is 0.391. The first-order valence-corrected chi connectivity index (χ1v) is 10.2. The first kappa shape index (κ1) is 25.5. The second kappa shape index (κ2) is 13.6. The minimum atomic E-state index is -2.81. The molecule has 0 aliphatic rings. The summed E-state index contributed by atoms with van der Waals surface area (Å²) in [5.41, 5.74) is 0. The molecule has 0 atom stereocenters. The van der Waals surface area contributed by atoms with Gasteiger partial charge in [0.2, 0.25) is 11.8 Å². The first-order valence-electron chi connectivity index (χ1n) is 8.24. The third kappa shape index (κ3) is 10.6. The maximum Gasteiger partial charge on any atom is 0.500 e. The van der Waals surface area contributed by atoms with E-state index in [1.165, 1.54) is 26.2 Å². The summed E-state index contributed by atoms with van der Waals surface area (Å²) in [4.78, 5) is 46.0. The highest BCUT2D eigenvalue weighted by molar-refractivity contribution is 6.60. The van der Waals surface area contributed by atoms with Crippen LogP contribution in [0.15, 0.2) is 24.3 Å². The van der Waals surface area contributed by atoms with Gasteiger partial charge in [0.25, 0.3) is 0 Å². The van der Waals surface area contributed by atoms with Crippen molar-refractivity contribution >= 4 is 32.6 Å². The normalized spacial score (nSPS) is 11.7. The van der Waals surface area contributed by atoms with Crippen LogP contribution in [0.3, 0.4) is 0 Å². The highest BCUT2D eigenvalue weighted by Crippen LogP contribution is 2.15. The molecule has 0 radical (unpaired) electrons. The van der Waals surface area contributed by atoms with Gasteiger partial charge in [0.05, 0.1) is 0 Å². The number of hydrogen-bond donors (Lipinski definition) is 3. The lowest BCUT2D eigenvalue weighted by Crippen LogP contribution is -2.44. The molecule has 0 aromatic carbocycles. The number of carboxylic acid groups (broad SMARTS) is 2. The van der Waals surface area contributed by atoms with Crippen molar-refractivity contribution in [3.8, 4) is 0 Å². The summed E-state index contributed by atoms with van der Waals surface area (Å²) in [6, 6.07) is 0.427. The monoisotopic (exact) mass is 418 g/mol. The van der Waals surface area contributed by atoms with Crippen molar-refractivity contribution < 1.29 is 42.7 Å². The standard InChI is InChI=1S/C16H26N2O9Si/c1-25-28(26-2,27-3)12-4-10-18(14(20)6-8-16(23)24)11-9-17-13(19)5-7-15(21)22/h5-8H,4,9-12H2,1-3H3,(H,17,19)(H,21,22)(H,23,24)/b7-5+,8-6+. The fourth-order valence-corrected chi connectivity index (χ4v) is 3.85. The fraction of sp³-hybridized carbons (Fsp3) is 0.500. The van der Waals surface area contributed by atoms with Crippen LogP contribution in [0.4, 0.5) is 0 Å². The first-order chi connectivity index (χ1) is 13.2. The van der Waals surface area contributed by atoms with E-state index in [-0.39, 0.29) is 19.6 Å². The van der Waals surface area contributed by atoms with Crippen LogP contribution in [0.2, 0.25) is 6.04 Å². The molecular weight excluding hydrogens is 392 g/mol. The summed E-state index contributed by atoms with van der Waals surface area (Å²) >= 11 is 0. The molecule has 3 N–H and O–H groups in total. The zero-order chi connectivity index (χ0) is 21.6. The van der Waals surface area contributed by atoms with Gasteiger partial charge in [-0.05, 0) is 6.42 Å². The van der Waals surface area contributed by atoms with Gasteiger partial charge in [-0.15, -0.1) is 0 Å². The van der Waals surface area contributed by atoms with Crippen molar-refractivity contribution in [3.63, 3.8) is 0 Å². The fourth-order valence-electron chi connectivity index (χ4n) is 2.14. The van der Waals surface area contributed by atoms with Crippen LogP contribution < -0.4 is 5.32 Å². The molecule has 28 heavy (non-hydrogen) atoms. The molecular formula is C16H26N2O9Si. The number of rotatable bonds is 14. The van der Waals surface area contributed by atoms with E-state index in [1.54, 1.807) is 0 Å². The van der Waals surface area contributed by atoms with Crippen LogP contribution in [0.5, 0.6) is 0 Å². The number of nitrogens with zero attached hydrogens (tertiary/aromatic N) is 1. The summed E-state index contributed by atoms with van der Waals surface area (Å²) in [7, 11) is 1.60. The second-order valence-corrected chi connectivity index (χ2v) is 8.45. The third-order valence-corrected chi connectivity index (χ3v) is 6.41. The predicted octanol–water partition coefficient (Wildman–Crippen LogP) is -0.519. The van der Waals surface area contributed by atoms with Crippen molar-refractivity contribution in [1.29, 1.82) is 0 Å². The van der Waals surface area contributed by atoms with E-state index >= 15 is 0 Å². The largest absolute Gasteiger partial charge is 0.500 e. The Morgan fingerprint density at radius 2 is 1.43 bits per heavy atom. The van der Waals surface area contributed by atoms with E-state index < -0.39 is 32.6 Å². The van der Waals surface area contributed by atoms with Crippen LogP contribution in [-0.4, -0.2) is 88.6 Å². The zero-order valence-electron chi connectivity index (χ0n) is 16.0. The van der Waals surface area contributed by atoms with E-state index in [0.717, 1.165) is 18.2 Å². The van der Waals surface area contributed by atoms with Gasteiger partial charge >= 0.3 is 20.7 Å². The van der Waals surface area contributed by atoms with Crippen LogP contribution in [-0.2, 0) is 32.5 Å². The van der Waals surface area contributed by atoms with Crippen molar-refractivity contribution in [2.75, 3.05) is 41.0 Å². The predicted molar refractivity (Wildman–Crippen MR) is 99.3 cm³/mol.